The summed E-state index contributed by atoms with van der Waals surface area (Å²) in [7, 11) is -5.94. The van der Waals surface area contributed by atoms with E-state index in [1.54, 1.807) is 24.3 Å². The topological polar surface area (TPSA) is 55.7 Å². The van der Waals surface area contributed by atoms with Crippen molar-refractivity contribution in [3.63, 3.8) is 0 Å². The Bertz CT molecular complexity index is 1120. The van der Waals surface area contributed by atoms with Gasteiger partial charge in [0.05, 0.1) is 0 Å². The molecule has 218 valence electrons. The van der Waals surface area contributed by atoms with E-state index in [4.69, 9.17) is 0 Å². The van der Waals surface area contributed by atoms with Crippen LogP contribution < -0.4 is 0 Å². The molecule has 0 fully saturated rings. The normalized spacial score (nSPS) is 13.1. The van der Waals surface area contributed by atoms with E-state index in [1.165, 1.54) is 75.6 Å². The maximum atomic E-state index is 13.7. The summed E-state index contributed by atoms with van der Waals surface area (Å²) < 4.78 is 70.7. The Morgan fingerprint density at radius 3 is 1.74 bits per heavy atom. The molecule has 4 nitrogen and oxygen atoms in total. The number of benzene rings is 2. The van der Waals surface area contributed by atoms with E-state index in [-0.39, 0.29) is 10.5 Å². The molecule has 0 radical (unpaired) electrons. The molecule has 2 rings (SSSR count). The van der Waals surface area contributed by atoms with Crippen molar-refractivity contribution in [1.82, 2.24) is 0 Å². The van der Waals surface area contributed by atoms with Crippen molar-refractivity contribution < 1.29 is 25.9 Å². The van der Waals surface area contributed by atoms with Gasteiger partial charge in [-0.1, -0.05) is 131 Å². The summed E-state index contributed by atoms with van der Waals surface area (Å²) in [5, 5.41) is 3.06. The summed E-state index contributed by atoms with van der Waals surface area (Å²) in [6, 6.07) is 12.7. The molecular formula is C30H44F3NO3SSi. The van der Waals surface area contributed by atoms with E-state index in [2.05, 4.69) is 36.0 Å². The smallest absolute Gasteiger partial charge is 0.264 e. The third-order valence-corrected chi connectivity index (χ3v) is 9.08. The quantitative estimate of drug-likeness (QED) is 0.0807. The Kier molecular flexibility index (Phi) is 13.2. The molecule has 0 aliphatic carbocycles. The second-order valence-electron chi connectivity index (χ2n) is 11.5. The molecule has 0 heterocycles. The number of hydrogen-bond donors (Lipinski definition) is 0. The van der Waals surface area contributed by atoms with Crippen LogP contribution in [0.3, 0.4) is 0 Å². The molecule has 0 aromatic heterocycles. The van der Waals surface area contributed by atoms with Crippen molar-refractivity contribution in [2.24, 2.45) is 5.16 Å². The van der Waals surface area contributed by atoms with Crippen molar-refractivity contribution in [3.05, 3.63) is 65.2 Å². The van der Waals surface area contributed by atoms with Gasteiger partial charge in [-0.25, -0.2) is 0 Å². The van der Waals surface area contributed by atoms with Gasteiger partial charge in [0, 0.05) is 13.6 Å². The van der Waals surface area contributed by atoms with E-state index in [9.17, 15) is 21.6 Å². The Hall–Kier alpha value is -2.13. The summed E-state index contributed by atoms with van der Waals surface area (Å²) in [6.45, 7) is 8.74. The minimum atomic E-state index is -4.88. The summed E-state index contributed by atoms with van der Waals surface area (Å²) in [4.78, 5) is -0.231. The molecule has 39 heavy (non-hydrogen) atoms. The summed E-state index contributed by atoms with van der Waals surface area (Å²) in [5.41, 5.74) is 0.282. The molecule has 0 aliphatic rings. The molecule has 0 unspecified atom stereocenters. The lowest BCUT2D eigenvalue weighted by atomic mass is 10.0. The number of aryl methyl sites for hydroxylation is 1. The van der Waals surface area contributed by atoms with Gasteiger partial charge in [0.15, 0.2) is 5.71 Å². The molecule has 0 aliphatic heterocycles. The third-order valence-electron chi connectivity index (χ3n) is 6.49. The van der Waals surface area contributed by atoms with Crippen LogP contribution >= 0.6 is 0 Å². The monoisotopic (exact) mass is 583 g/mol. The first kappa shape index (κ1) is 33.1. The van der Waals surface area contributed by atoms with E-state index >= 15 is 0 Å². The molecule has 0 saturated carbocycles. The van der Waals surface area contributed by atoms with Gasteiger partial charge >= 0.3 is 16.3 Å². The molecule has 0 spiro atoms. The second kappa shape index (κ2) is 15.6. The lowest BCUT2D eigenvalue weighted by molar-refractivity contribution is -0.0597. The predicted molar refractivity (Wildman–Crippen MR) is 156 cm³/mol. The van der Waals surface area contributed by atoms with Gasteiger partial charge in [0.1, 0.15) is 4.90 Å². The van der Waals surface area contributed by atoms with Crippen molar-refractivity contribution in [2.45, 2.75) is 114 Å². The van der Waals surface area contributed by atoms with Gasteiger partial charge in [-0.05, 0) is 36.6 Å². The van der Waals surface area contributed by atoms with Crippen molar-refractivity contribution in [1.29, 1.82) is 0 Å². The minimum Gasteiger partial charge on any atom is -0.264 e. The zero-order chi connectivity index (χ0) is 28.9. The zero-order valence-corrected chi connectivity index (χ0v) is 25.6. The van der Waals surface area contributed by atoms with Gasteiger partial charge in [-0.3, -0.25) is 4.28 Å². The van der Waals surface area contributed by atoms with E-state index < -0.39 is 30.1 Å². The standard InChI is InChI=1S/C30H44F3NO3SSi/c1-5-6-7-8-9-10-11-12-13-14-15-25-18-22-28(23-19-25)38(35,36)37-34-29(30(31,32)33)27-20-16-26(17-21-27)24-39(2,3)4/h16-23H,5-15,24H2,1-4H3. The van der Waals surface area contributed by atoms with Crippen LogP contribution in [-0.4, -0.2) is 28.4 Å². The van der Waals surface area contributed by atoms with Crippen LogP contribution in [0.15, 0.2) is 58.6 Å². The first-order chi connectivity index (χ1) is 18.3. The number of oxime groups is 1. The summed E-state index contributed by atoms with van der Waals surface area (Å²) in [5.74, 6) is 0. The Morgan fingerprint density at radius 1 is 0.769 bits per heavy atom. The average molecular weight is 584 g/mol. The molecule has 0 bridgehead atoms. The maximum absolute atomic E-state index is 13.7. The predicted octanol–water partition coefficient (Wildman–Crippen LogP) is 9.24. The van der Waals surface area contributed by atoms with Crippen molar-refractivity contribution in [3.8, 4) is 0 Å². The fourth-order valence-electron chi connectivity index (χ4n) is 4.43. The minimum absolute atomic E-state index is 0.231. The van der Waals surface area contributed by atoms with Crippen LogP contribution in [-0.2, 0) is 26.9 Å². The van der Waals surface area contributed by atoms with Gasteiger partial charge in [-0.15, -0.1) is 0 Å². The Balaban J connectivity index is 1.92. The summed E-state index contributed by atoms with van der Waals surface area (Å²) >= 11 is 0. The van der Waals surface area contributed by atoms with Crippen LogP contribution in [0.1, 0.15) is 87.8 Å². The highest BCUT2D eigenvalue weighted by atomic mass is 32.2. The average Bonchev–Trinajstić information content (AvgIpc) is 2.85. The highest BCUT2D eigenvalue weighted by Gasteiger charge is 2.38. The van der Waals surface area contributed by atoms with E-state index in [1.807, 2.05) is 0 Å². The van der Waals surface area contributed by atoms with Crippen LogP contribution in [0.25, 0.3) is 0 Å². The Morgan fingerprint density at radius 2 is 1.26 bits per heavy atom. The number of unbranched alkanes of at least 4 members (excludes halogenated alkanes) is 9. The largest absolute Gasteiger partial charge is 0.437 e. The number of rotatable bonds is 17. The molecule has 0 amide bonds. The van der Waals surface area contributed by atoms with Crippen LogP contribution in [0.5, 0.6) is 0 Å². The van der Waals surface area contributed by atoms with Crippen LogP contribution in [0.2, 0.25) is 19.6 Å². The van der Waals surface area contributed by atoms with Crippen molar-refractivity contribution in [2.75, 3.05) is 0 Å². The zero-order valence-electron chi connectivity index (χ0n) is 23.8. The molecule has 0 N–H and O–H groups in total. The number of alkyl halides is 3. The molecular weight excluding hydrogens is 539 g/mol. The van der Waals surface area contributed by atoms with Crippen LogP contribution in [0.4, 0.5) is 13.2 Å². The molecule has 0 atom stereocenters. The van der Waals surface area contributed by atoms with E-state index in [0.29, 0.717) is 0 Å². The third kappa shape index (κ3) is 12.7. The van der Waals surface area contributed by atoms with Crippen molar-refractivity contribution >= 4 is 23.9 Å². The van der Waals surface area contributed by atoms with Gasteiger partial charge < -0.3 is 0 Å². The second-order valence-corrected chi connectivity index (χ2v) is 18.5. The Labute approximate surface area is 234 Å². The number of hydrogen-bond acceptors (Lipinski definition) is 4. The fraction of sp³-hybridized carbons (Fsp3) is 0.567. The molecule has 9 heteroatoms. The first-order valence-corrected chi connectivity index (χ1v) is 19.2. The first-order valence-electron chi connectivity index (χ1n) is 14.1. The lowest BCUT2D eigenvalue weighted by Gasteiger charge is -2.16. The number of halogens is 3. The van der Waals surface area contributed by atoms with Crippen LogP contribution in [0, 0.1) is 0 Å². The molecule has 2 aromatic rings. The SMILES string of the molecule is CCCCCCCCCCCCc1ccc(S(=O)(=O)ON=C(c2ccc(C[Si](C)(C)C)cc2)C(F)(F)F)cc1. The van der Waals surface area contributed by atoms with Gasteiger partial charge in [0.25, 0.3) is 0 Å². The van der Waals surface area contributed by atoms with E-state index in [0.717, 1.165) is 36.4 Å². The molecule has 0 saturated heterocycles. The molecule has 2 aromatic carbocycles. The number of nitrogens with zero attached hydrogens (tertiary/aromatic N) is 1. The highest BCUT2D eigenvalue weighted by Crippen LogP contribution is 2.25. The maximum Gasteiger partial charge on any atom is 0.437 e. The van der Waals surface area contributed by atoms with Gasteiger partial charge in [0.2, 0.25) is 0 Å². The fourth-order valence-corrected chi connectivity index (χ4v) is 6.62. The lowest BCUT2D eigenvalue weighted by Crippen LogP contribution is -2.26. The van der Waals surface area contributed by atoms with Gasteiger partial charge in [-0.2, -0.15) is 21.6 Å². The summed E-state index contributed by atoms with van der Waals surface area (Å²) in [6.07, 6.45) is 8.31. The highest BCUT2D eigenvalue weighted by molar-refractivity contribution is 7.86.